The molecule has 1 aromatic heterocycles. The van der Waals surface area contributed by atoms with Crippen molar-refractivity contribution < 1.29 is 14.0 Å². The third kappa shape index (κ3) is 3.93. The van der Waals surface area contributed by atoms with E-state index in [0.717, 1.165) is 0 Å². The number of hydrogen-bond acceptors (Lipinski definition) is 4. The van der Waals surface area contributed by atoms with Gasteiger partial charge in [-0.2, -0.15) is 0 Å². The Morgan fingerprint density at radius 3 is 2.35 bits per heavy atom. The summed E-state index contributed by atoms with van der Waals surface area (Å²) in [5, 5.41) is 2.82. The van der Waals surface area contributed by atoms with Crippen LogP contribution in [-0.4, -0.2) is 59.9 Å². The van der Waals surface area contributed by atoms with Gasteiger partial charge in [-0.25, -0.2) is 0 Å². The molecule has 3 atom stereocenters. The molecule has 0 saturated carbocycles. The molecule has 1 aliphatic rings. The number of amides is 2. The highest BCUT2D eigenvalue weighted by atomic mass is 16.3. The lowest BCUT2D eigenvalue weighted by Gasteiger charge is -2.43. The van der Waals surface area contributed by atoms with Crippen molar-refractivity contribution in [1.82, 2.24) is 15.1 Å². The standard InChI is InChI=1S/C17H27N3O3/c1-11(2)15(18-16(21)14-7-6-8-23-14)17(22)20-9-12(3)19(5)13(4)10-20/h6-8,11-13,15H,9-10H2,1-5H3,(H,18,21)/t12-,13+,15-/m0/s1. The minimum absolute atomic E-state index is 0.00619. The van der Waals surface area contributed by atoms with E-state index in [4.69, 9.17) is 4.42 Å². The summed E-state index contributed by atoms with van der Waals surface area (Å²) in [5.74, 6) is -0.140. The molecule has 0 spiro atoms. The van der Waals surface area contributed by atoms with Gasteiger partial charge in [0.05, 0.1) is 6.26 Å². The van der Waals surface area contributed by atoms with Crippen LogP contribution in [0.4, 0.5) is 0 Å². The average Bonchev–Trinajstić information content (AvgIpc) is 3.03. The lowest BCUT2D eigenvalue weighted by molar-refractivity contribution is -0.138. The van der Waals surface area contributed by atoms with Crippen molar-refractivity contribution in [3.05, 3.63) is 24.2 Å². The van der Waals surface area contributed by atoms with Crippen molar-refractivity contribution in [2.24, 2.45) is 5.92 Å². The van der Waals surface area contributed by atoms with Crippen LogP contribution < -0.4 is 5.32 Å². The van der Waals surface area contributed by atoms with Crippen LogP contribution in [0.5, 0.6) is 0 Å². The first-order valence-electron chi connectivity index (χ1n) is 8.16. The van der Waals surface area contributed by atoms with Crippen LogP contribution in [0, 0.1) is 5.92 Å². The van der Waals surface area contributed by atoms with Gasteiger partial charge in [0.25, 0.3) is 5.91 Å². The second-order valence-electron chi connectivity index (χ2n) is 6.78. The third-order valence-corrected chi connectivity index (χ3v) is 4.64. The highest BCUT2D eigenvalue weighted by molar-refractivity contribution is 5.95. The average molecular weight is 321 g/mol. The molecule has 23 heavy (non-hydrogen) atoms. The van der Waals surface area contributed by atoms with Crippen molar-refractivity contribution in [2.45, 2.75) is 45.8 Å². The molecule has 0 radical (unpaired) electrons. The quantitative estimate of drug-likeness (QED) is 0.914. The van der Waals surface area contributed by atoms with E-state index in [-0.39, 0.29) is 23.5 Å². The van der Waals surface area contributed by atoms with E-state index >= 15 is 0 Å². The van der Waals surface area contributed by atoms with Crippen molar-refractivity contribution in [2.75, 3.05) is 20.1 Å². The molecule has 1 saturated heterocycles. The fourth-order valence-electron chi connectivity index (χ4n) is 2.91. The highest BCUT2D eigenvalue weighted by Gasteiger charge is 2.35. The molecule has 1 aliphatic heterocycles. The number of nitrogens with zero attached hydrogens (tertiary/aromatic N) is 2. The number of rotatable bonds is 4. The lowest BCUT2D eigenvalue weighted by atomic mass is 10.0. The molecular weight excluding hydrogens is 294 g/mol. The Balaban J connectivity index is 2.08. The predicted octanol–water partition coefficient (Wildman–Crippen LogP) is 1.58. The van der Waals surface area contributed by atoms with E-state index in [1.165, 1.54) is 6.26 Å². The number of carbonyl (C=O) groups excluding carboxylic acids is 2. The van der Waals surface area contributed by atoms with Crippen LogP contribution in [0.15, 0.2) is 22.8 Å². The zero-order valence-electron chi connectivity index (χ0n) is 14.6. The molecule has 6 heteroatoms. The minimum Gasteiger partial charge on any atom is -0.459 e. The van der Waals surface area contributed by atoms with Crippen LogP contribution in [-0.2, 0) is 4.79 Å². The summed E-state index contributed by atoms with van der Waals surface area (Å²) in [6.45, 7) is 9.46. The van der Waals surface area contributed by atoms with Crippen molar-refractivity contribution in [1.29, 1.82) is 0 Å². The van der Waals surface area contributed by atoms with Crippen LogP contribution in [0.25, 0.3) is 0 Å². The van der Waals surface area contributed by atoms with Gasteiger partial charge < -0.3 is 14.6 Å². The van der Waals surface area contributed by atoms with Gasteiger partial charge in [0, 0.05) is 25.2 Å². The summed E-state index contributed by atoms with van der Waals surface area (Å²) < 4.78 is 5.11. The Bertz CT molecular complexity index is 529. The Kier molecular flexibility index (Phi) is 5.46. The molecule has 0 aliphatic carbocycles. The largest absolute Gasteiger partial charge is 0.459 e. The molecule has 2 rings (SSSR count). The monoisotopic (exact) mass is 321 g/mol. The van der Waals surface area contributed by atoms with Gasteiger partial charge in [0.2, 0.25) is 5.91 Å². The van der Waals surface area contributed by atoms with Crippen LogP contribution in [0.2, 0.25) is 0 Å². The smallest absolute Gasteiger partial charge is 0.287 e. The van der Waals surface area contributed by atoms with E-state index in [1.807, 2.05) is 18.7 Å². The Morgan fingerprint density at radius 1 is 1.26 bits per heavy atom. The molecule has 0 unspecified atom stereocenters. The summed E-state index contributed by atoms with van der Waals surface area (Å²) >= 11 is 0. The van der Waals surface area contributed by atoms with Crippen molar-refractivity contribution in [3.63, 3.8) is 0 Å². The summed E-state index contributed by atoms with van der Waals surface area (Å²) in [5.41, 5.74) is 0. The zero-order chi connectivity index (χ0) is 17.1. The summed E-state index contributed by atoms with van der Waals surface area (Å²) in [6, 6.07) is 3.31. The van der Waals surface area contributed by atoms with E-state index < -0.39 is 6.04 Å². The summed E-state index contributed by atoms with van der Waals surface area (Å²) in [4.78, 5) is 29.2. The fourth-order valence-corrected chi connectivity index (χ4v) is 2.91. The van der Waals surface area contributed by atoms with Crippen LogP contribution in [0.3, 0.4) is 0 Å². The van der Waals surface area contributed by atoms with Gasteiger partial charge in [-0.1, -0.05) is 13.8 Å². The van der Waals surface area contributed by atoms with E-state index in [0.29, 0.717) is 25.2 Å². The van der Waals surface area contributed by atoms with Gasteiger partial charge in [0.1, 0.15) is 6.04 Å². The van der Waals surface area contributed by atoms with Crippen molar-refractivity contribution >= 4 is 11.8 Å². The van der Waals surface area contributed by atoms with Gasteiger partial charge >= 0.3 is 0 Å². The number of hydrogen-bond donors (Lipinski definition) is 1. The van der Waals surface area contributed by atoms with Crippen LogP contribution >= 0.6 is 0 Å². The molecular formula is C17H27N3O3. The minimum atomic E-state index is -0.546. The lowest BCUT2D eigenvalue weighted by Crippen LogP contribution is -2.60. The first-order chi connectivity index (χ1) is 10.8. The number of carbonyl (C=O) groups is 2. The molecule has 1 fully saturated rings. The zero-order valence-corrected chi connectivity index (χ0v) is 14.6. The Hall–Kier alpha value is -1.82. The number of likely N-dealkylation sites (N-methyl/N-ethyl adjacent to an activating group) is 1. The number of piperazine rings is 1. The van der Waals surface area contributed by atoms with Crippen LogP contribution in [0.1, 0.15) is 38.2 Å². The molecule has 1 aromatic rings. The molecule has 1 N–H and O–H groups in total. The van der Waals surface area contributed by atoms with E-state index in [1.54, 1.807) is 12.1 Å². The second-order valence-corrected chi connectivity index (χ2v) is 6.78. The van der Waals surface area contributed by atoms with E-state index in [2.05, 4.69) is 31.1 Å². The first-order valence-corrected chi connectivity index (χ1v) is 8.16. The highest BCUT2D eigenvalue weighted by Crippen LogP contribution is 2.16. The normalized spacial score (nSPS) is 23.8. The summed E-state index contributed by atoms with van der Waals surface area (Å²) in [7, 11) is 2.08. The first kappa shape index (κ1) is 17.5. The molecule has 2 amide bonds. The predicted molar refractivity (Wildman–Crippen MR) is 88.1 cm³/mol. The van der Waals surface area contributed by atoms with Gasteiger partial charge in [0.15, 0.2) is 5.76 Å². The molecule has 0 bridgehead atoms. The maximum atomic E-state index is 12.9. The number of nitrogens with one attached hydrogen (secondary N) is 1. The second kappa shape index (κ2) is 7.17. The maximum Gasteiger partial charge on any atom is 0.287 e. The Labute approximate surface area is 137 Å². The SMILES string of the molecule is CC(C)[C@H](NC(=O)c1ccco1)C(=O)N1C[C@@H](C)N(C)[C@@H](C)C1. The number of furan rings is 1. The molecule has 128 valence electrons. The molecule has 2 heterocycles. The third-order valence-electron chi connectivity index (χ3n) is 4.64. The van der Waals surface area contributed by atoms with Gasteiger partial charge in [-0.15, -0.1) is 0 Å². The van der Waals surface area contributed by atoms with E-state index in [9.17, 15) is 9.59 Å². The topological polar surface area (TPSA) is 65.8 Å². The van der Waals surface area contributed by atoms with Crippen molar-refractivity contribution in [3.8, 4) is 0 Å². The Morgan fingerprint density at radius 2 is 1.87 bits per heavy atom. The summed E-state index contributed by atoms with van der Waals surface area (Å²) in [6.07, 6.45) is 1.45. The maximum absolute atomic E-state index is 12.9. The van der Waals surface area contributed by atoms with Gasteiger partial charge in [-0.05, 0) is 38.9 Å². The van der Waals surface area contributed by atoms with Gasteiger partial charge in [-0.3, -0.25) is 14.5 Å². The molecule has 0 aromatic carbocycles. The fraction of sp³-hybridized carbons (Fsp3) is 0.647. The molecule has 6 nitrogen and oxygen atoms in total.